The van der Waals surface area contributed by atoms with Crippen molar-refractivity contribution in [3.63, 3.8) is 0 Å². The molecule has 94 valence electrons. The van der Waals surface area contributed by atoms with Crippen molar-refractivity contribution in [1.82, 2.24) is 4.98 Å². The molecular formula is C12H17BrFN3. The van der Waals surface area contributed by atoms with E-state index >= 15 is 0 Å². The van der Waals surface area contributed by atoms with Gasteiger partial charge in [-0.25, -0.2) is 9.37 Å². The van der Waals surface area contributed by atoms with Gasteiger partial charge in [-0.2, -0.15) is 0 Å². The van der Waals surface area contributed by atoms with E-state index in [-0.39, 0.29) is 11.2 Å². The SMILES string of the molecule is NCC1(CNc2ncc(Br)cc2F)CCCC1. The third-order valence-corrected chi connectivity index (χ3v) is 3.97. The minimum absolute atomic E-state index is 0.126. The highest BCUT2D eigenvalue weighted by atomic mass is 79.9. The molecule has 5 heteroatoms. The molecule has 1 aromatic rings. The van der Waals surface area contributed by atoms with E-state index in [9.17, 15) is 4.39 Å². The fraction of sp³-hybridized carbons (Fsp3) is 0.583. The highest BCUT2D eigenvalue weighted by molar-refractivity contribution is 9.10. The number of halogens is 2. The third kappa shape index (κ3) is 2.96. The van der Waals surface area contributed by atoms with Crippen LogP contribution in [-0.2, 0) is 0 Å². The summed E-state index contributed by atoms with van der Waals surface area (Å²) < 4.78 is 14.2. The van der Waals surface area contributed by atoms with Crippen LogP contribution in [0.2, 0.25) is 0 Å². The molecule has 3 N–H and O–H groups in total. The molecule has 1 saturated carbocycles. The average molecular weight is 302 g/mol. The normalized spacial score (nSPS) is 18.3. The van der Waals surface area contributed by atoms with Crippen LogP contribution in [0, 0.1) is 11.2 Å². The first-order valence-electron chi connectivity index (χ1n) is 5.90. The molecule has 0 saturated heterocycles. The first-order valence-corrected chi connectivity index (χ1v) is 6.69. The molecule has 1 fully saturated rings. The number of nitrogens with two attached hydrogens (primary N) is 1. The number of rotatable bonds is 4. The number of nitrogens with one attached hydrogen (secondary N) is 1. The Morgan fingerprint density at radius 2 is 2.18 bits per heavy atom. The second-order valence-electron chi connectivity index (χ2n) is 4.75. The van der Waals surface area contributed by atoms with Gasteiger partial charge in [0.15, 0.2) is 11.6 Å². The molecule has 0 aromatic carbocycles. The topological polar surface area (TPSA) is 50.9 Å². The van der Waals surface area contributed by atoms with E-state index in [0.717, 1.165) is 12.8 Å². The Hall–Kier alpha value is -0.680. The molecule has 0 aliphatic heterocycles. The van der Waals surface area contributed by atoms with Gasteiger partial charge in [0.2, 0.25) is 0 Å². The summed E-state index contributed by atoms with van der Waals surface area (Å²) in [7, 11) is 0. The molecule has 0 bridgehead atoms. The highest BCUT2D eigenvalue weighted by Crippen LogP contribution is 2.37. The van der Waals surface area contributed by atoms with Crippen molar-refractivity contribution in [1.29, 1.82) is 0 Å². The van der Waals surface area contributed by atoms with Crippen LogP contribution in [0.1, 0.15) is 25.7 Å². The molecule has 1 aliphatic carbocycles. The van der Waals surface area contributed by atoms with E-state index < -0.39 is 0 Å². The van der Waals surface area contributed by atoms with Crippen molar-refractivity contribution >= 4 is 21.7 Å². The van der Waals surface area contributed by atoms with Crippen LogP contribution in [-0.4, -0.2) is 18.1 Å². The monoisotopic (exact) mass is 301 g/mol. The van der Waals surface area contributed by atoms with Gasteiger partial charge < -0.3 is 11.1 Å². The Balaban J connectivity index is 2.01. The summed E-state index contributed by atoms with van der Waals surface area (Å²) in [6, 6.07) is 1.42. The predicted molar refractivity (Wildman–Crippen MR) is 70.3 cm³/mol. The molecule has 0 unspecified atom stereocenters. The first-order chi connectivity index (χ1) is 8.15. The van der Waals surface area contributed by atoms with Gasteiger partial charge in [0.05, 0.1) is 0 Å². The summed E-state index contributed by atoms with van der Waals surface area (Å²) in [5.74, 6) is -0.0162. The molecular weight excluding hydrogens is 285 g/mol. The Morgan fingerprint density at radius 1 is 1.47 bits per heavy atom. The molecule has 0 spiro atoms. The predicted octanol–water partition coefficient (Wildman–Crippen LogP) is 2.91. The first kappa shape index (κ1) is 12.8. The van der Waals surface area contributed by atoms with Gasteiger partial charge in [0, 0.05) is 17.2 Å². The van der Waals surface area contributed by atoms with E-state index in [1.54, 1.807) is 6.20 Å². The van der Waals surface area contributed by atoms with Gasteiger partial charge in [0.1, 0.15) is 0 Å². The van der Waals surface area contributed by atoms with Crippen molar-refractivity contribution in [3.8, 4) is 0 Å². The van der Waals surface area contributed by atoms with E-state index in [1.807, 2.05) is 0 Å². The minimum Gasteiger partial charge on any atom is -0.367 e. The maximum absolute atomic E-state index is 13.6. The lowest BCUT2D eigenvalue weighted by Crippen LogP contribution is -2.35. The Labute approximate surface area is 109 Å². The van der Waals surface area contributed by atoms with Gasteiger partial charge in [-0.1, -0.05) is 12.8 Å². The zero-order valence-electron chi connectivity index (χ0n) is 9.68. The van der Waals surface area contributed by atoms with E-state index in [2.05, 4.69) is 26.2 Å². The van der Waals surface area contributed by atoms with Crippen molar-refractivity contribution < 1.29 is 4.39 Å². The number of aromatic nitrogens is 1. The van der Waals surface area contributed by atoms with E-state index in [0.29, 0.717) is 23.4 Å². The zero-order valence-corrected chi connectivity index (χ0v) is 11.3. The fourth-order valence-corrected chi connectivity index (χ4v) is 2.70. The number of hydrogen-bond acceptors (Lipinski definition) is 3. The standard InChI is InChI=1S/C12H17BrFN3/c13-9-5-10(14)11(16-6-9)17-8-12(7-15)3-1-2-4-12/h5-6H,1-4,7-8,15H2,(H,16,17). The lowest BCUT2D eigenvalue weighted by atomic mass is 9.86. The number of anilines is 1. The van der Waals surface area contributed by atoms with Crippen molar-refractivity contribution in [2.24, 2.45) is 11.1 Å². The molecule has 1 aliphatic rings. The smallest absolute Gasteiger partial charge is 0.166 e. The van der Waals surface area contributed by atoms with Gasteiger partial charge in [-0.15, -0.1) is 0 Å². The minimum atomic E-state index is -0.329. The molecule has 0 atom stereocenters. The summed E-state index contributed by atoms with van der Waals surface area (Å²) in [6.07, 6.45) is 6.27. The molecule has 3 nitrogen and oxygen atoms in total. The second kappa shape index (κ2) is 5.31. The summed E-state index contributed by atoms with van der Waals surface area (Å²) in [5.41, 5.74) is 5.96. The second-order valence-corrected chi connectivity index (χ2v) is 5.66. The maximum atomic E-state index is 13.6. The van der Waals surface area contributed by atoms with Gasteiger partial charge in [-0.3, -0.25) is 0 Å². The molecule has 1 heterocycles. The third-order valence-electron chi connectivity index (χ3n) is 3.54. The van der Waals surface area contributed by atoms with Crippen LogP contribution >= 0.6 is 15.9 Å². The zero-order chi connectivity index (χ0) is 12.3. The molecule has 0 amide bonds. The van der Waals surface area contributed by atoms with Crippen LogP contribution in [0.4, 0.5) is 10.2 Å². The number of hydrogen-bond donors (Lipinski definition) is 2. The van der Waals surface area contributed by atoms with Crippen molar-refractivity contribution in [3.05, 3.63) is 22.6 Å². The Morgan fingerprint density at radius 3 is 2.76 bits per heavy atom. The van der Waals surface area contributed by atoms with Crippen LogP contribution in [0.25, 0.3) is 0 Å². The summed E-state index contributed by atoms with van der Waals surface area (Å²) >= 11 is 3.19. The number of nitrogens with zero attached hydrogens (tertiary/aromatic N) is 1. The number of pyridine rings is 1. The van der Waals surface area contributed by atoms with Crippen molar-refractivity contribution in [2.75, 3.05) is 18.4 Å². The molecule has 2 rings (SSSR count). The van der Waals surface area contributed by atoms with Crippen LogP contribution in [0.5, 0.6) is 0 Å². The van der Waals surface area contributed by atoms with Gasteiger partial charge in [-0.05, 0) is 46.8 Å². The van der Waals surface area contributed by atoms with Gasteiger partial charge >= 0.3 is 0 Å². The highest BCUT2D eigenvalue weighted by Gasteiger charge is 2.32. The van der Waals surface area contributed by atoms with Crippen LogP contribution in [0.3, 0.4) is 0 Å². The molecule has 17 heavy (non-hydrogen) atoms. The molecule has 1 aromatic heterocycles. The quantitative estimate of drug-likeness (QED) is 0.899. The van der Waals surface area contributed by atoms with Gasteiger partial charge in [0.25, 0.3) is 0 Å². The summed E-state index contributed by atoms with van der Waals surface area (Å²) in [5, 5.41) is 3.09. The Kier molecular flexibility index (Phi) is 3.99. The fourth-order valence-electron chi connectivity index (χ4n) is 2.39. The van der Waals surface area contributed by atoms with E-state index in [4.69, 9.17) is 5.73 Å². The van der Waals surface area contributed by atoms with Crippen LogP contribution in [0.15, 0.2) is 16.7 Å². The van der Waals surface area contributed by atoms with Crippen LogP contribution < -0.4 is 11.1 Å². The largest absolute Gasteiger partial charge is 0.367 e. The van der Waals surface area contributed by atoms with E-state index in [1.165, 1.54) is 18.9 Å². The summed E-state index contributed by atoms with van der Waals surface area (Å²) in [4.78, 5) is 4.03. The lowest BCUT2D eigenvalue weighted by Gasteiger charge is -2.27. The van der Waals surface area contributed by atoms with Crippen molar-refractivity contribution in [2.45, 2.75) is 25.7 Å². The molecule has 0 radical (unpaired) electrons. The maximum Gasteiger partial charge on any atom is 0.166 e. The lowest BCUT2D eigenvalue weighted by molar-refractivity contribution is 0.331. The average Bonchev–Trinajstić information content (AvgIpc) is 2.77. The Bertz CT molecular complexity index is 391. The summed E-state index contributed by atoms with van der Waals surface area (Å²) in [6.45, 7) is 1.35.